The zero-order valence-corrected chi connectivity index (χ0v) is 18.6. The van der Waals surface area contributed by atoms with Crippen LogP contribution in [-0.2, 0) is 4.74 Å². The van der Waals surface area contributed by atoms with Crippen LogP contribution < -0.4 is 10.6 Å². The Morgan fingerprint density at radius 1 is 1.08 bits per heavy atom. The fourth-order valence-electron chi connectivity index (χ4n) is 3.79. The first-order valence-corrected chi connectivity index (χ1v) is 10.1. The van der Waals surface area contributed by atoms with Crippen molar-refractivity contribution in [3.8, 4) is 0 Å². The van der Waals surface area contributed by atoms with Gasteiger partial charge in [-0.2, -0.15) is 0 Å². The maximum absolute atomic E-state index is 6.05. The Bertz CT molecular complexity index is 359. The van der Waals surface area contributed by atoms with Gasteiger partial charge in [-0.1, -0.05) is 25.7 Å². The molecule has 0 bridgehead atoms. The van der Waals surface area contributed by atoms with Crippen LogP contribution in [0.15, 0.2) is 4.99 Å². The summed E-state index contributed by atoms with van der Waals surface area (Å²) in [5.74, 6) is 1.64. The second-order valence-corrected chi connectivity index (χ2v) is 7.40. The van der Waals surface area contributed by atoms with E-state index < -0.39 is 0 Å². The Morgan fingerprint density at radius 3 is 2.52 bits per heavy atom. The van der Waals surface area contributed by atoms with E-state index in [4.69, 9.17) is 9.73 Å². The smallest absolute Gasteiger partial charge is 0.191 e. The van der Waals surface area contributed by atoms with Gasteiger partial charge < -0.3 is 20.3 Å². The minimum atomic E-state index is 0. The van der Waals surface area contributed by atoms with Gasteiger partial charge in [-0.3, -0.25) is 4.99 Å². The van der Waals surface area contributed by atoms with Gasteiger partial charge in [-0.15, -0.1) is 24.0 Å². The summed E-state index contributed by atoms with van der Waals surface area (Å²) < 4.78 is 6.05. The highest BCUT2D eigenvalue weighted by Gasteiger charge is 2.17. The molecule has 2 fully saturated rings. The SMILES string of the molecule is CCNC(=NCC1CCCN(C)C1)NCCOC1CCCCCC1.I. The molecule has 0 radical (unpaired) electrons. The third-order valence-corrected chi connectivity index (χ3v) is 5.12. The van der Waals surface area contributed by atoms with Crippen LogP contribution in [0.4, 0.5) is 0 Å². The highest BCUT2D eigenvalue weighted by atomic mass is 127. The Kier molecular flexibility index (Phi) is 12.9. The van der Waals surface area contributed by atoms with E-state index in [0.29, 0.717) is 12.0 Å². The Morgan fingerprint density at radius 2 is 1.84 bits per heavy atom. The molecule has 0 aromatic rings. The lowest BCUT2D eigenvalue weighted by atomic mass is 9.99. The van der Waals surface area contributed by atoms with Gasteiger partial charge in [-0.25, -0.2) is 0 Å². The second-order valence-electron chi connectivity index (χ2n) is 7.40. The summed E-state index contributed by atoms with van der Waals surface area (Å²) in [5.41, 5.74) is 0. The number of aliphatic imine (C=N–C) groups is 1. The van der Waals surface area contributed by atoms with Gasteiger partial charge in [-0.05, 0) is 52.1 Å². The maximum atomic E-state index is 6.05. The quantitative estimate of drug-likeness (QED) is 0.199. The highest BCUT2D eigenvalue weighted by Crippen LogP contribution is 2.19. The Balaban J connectivity index is 0.00000312. The van der Waals surface area contributed by atoms with Crippen molar-refractivity contribution in [3.05, 3.63) is 0 Å². The molecule has 1 atom stereocenters. The van der Waals surface area contributed by atoms with Crippen LogP contribution in [0, 0.1) is 5.92 Å². The van der Waals surface area contributed by atoms with E-state index in [1.165, 1.54) is 64.5 Å². The Hall–Kier alpha value is -0.0800. The van der Waals surface area contributed by atoms with Crippen molar-refractivity contribution in [2.24, 2.45) is 10.9 Å². The predicted octanol–water partition coefficient (Wildman–Crippen LogP) is 3.24. The van der Waals surface area contributed by atoms with Crippen LogP contribution in [0.1, 0.15) is 58.3 Å². The largest absolute Gasteiger partial charge is 0.376 e. The number of likely N-dealkylation sites (tertiary alicyclic amines) is 1. The monoisotopic (exact) mass is 466 g/mol. The number of piperidine rings is 1. The zero-order valence-electron chi connectivity index (χ0n) is 16.3. The molecular formula is C19H39IN4O. The first-order valence-electron chi connectivity index (χ1n) is 10.1. The highest BCUT2D eigenvalue weighted by molar-refractivity contribution is 14.0. The number of hydrogen-bond donors (Lipinski definition) is 2. The standard InChI is InChI=1S/C19H38N4O.HI/c1-3-20-19(22-15-17-9-8-13-23(2)16-17)21-12-14-24-18-10-6-4-5-7-11-18;/h17-18H,3-16H2,1-2H3,(H2,20,21,22);1H. The fourth-order valence-corrected chi connectivity index (χ4v) is 3.79. The van der Waals surface area contributed by atoms with Gasteiger partial charge in [0.15, 0.2) is 5.96 Å². The van der Waals surface area contributed by atoms with E-state index in [1.54, 1.807) is 0 Å². The van der Waals surface area contributed by atoms with Gasteiger partial charge >= 0.3 is 0 Å². The minimum Gasteiger partial charge on any atom is -0.376 e. The molecule has 0 spiro atoms. The first-order chi connectivity index (χ1) is 11.8. The van der Waals surface area contributed by atoms with Crippen LogP contribution in [0.25, 0.3) is 0 Å². The number of hydrogen-bond acceptors (Lipinski definition) is 3. The topological polar surface area (TPSA) is 48.9 Å². The molecule has 1 heterocycles. The molecule has 1 unspecified atom stereocenters. The lowest BCUT2D eigenvalue weighted by molar-refractivity contribution is 0.0468. The maximum Gasteiger partial charge on any atom is 0.191 e. The number of halogens is 1. The van der Waals surface area contributed by atoms with Gasteiger partial charge in [0.1, 0.15) is 0 Å². The summed E-state index contributed by atoms with van der Waals surface area (Å²) in [5, 5.41) is 6.78. The molecule has 1 aliphatic carbocycles. The molecule has 1 saturated heterocycles. The van der Waals surface area contributed by atoms with E-state index >= 15 is 0 Å². The number of nitrogens with zero attached hydrogens (tertiary/aromatic N) is 2. The number of nitrogens with one attached hydrogen (secondary N) is 2. The third-order valence-electron chi connectivity index (χ3n) is 5.12. The molecule has 2 rings (SSSR count). The molecule has 25 heavy (non-hydrogen) atoms. The number of rotatable bonds is 7. The molecule has 2 N–H and O–H groups in total. The molecule has 148 valence electrons. The normalized spacial score (nSPS) is 23.6. The van der Waals surface area contributed by atoms with E-state index in [1.807, 2.05) is 0 Å². The molecule has 0 aromatic heterocycles. The van der Waals surface area contributed by atoms with E-state index in [9.17, 15) is 0 Å². The zero-order chi connectivity index (χ0) is 17.0. The number of ether oxygens (including phenoxy) is 1. The first kappa shape index (κ1) is 23.0. The predicted molar refractivity (Wildman–Crippen MR) is 117 cm³/mol. The lowest BCUT2D eigenvalue weighted by Crippen LogP contribution is -2.40. The van der Waals surface area contributed by atoms with E-state index in [0.717, 1.165) is 32.2 Å². The molecule has 2 aliphatic rings. The van der Waals surface area contributed by atoms with Gasteiger partial charge in [0, 0.05) is 26.2 Å². The summed E-state index contributed by atoms with van der Waals surface area (Å²) >= 11 is 0. The molecule has 0 amide bonds. The Labute approximate surface area is 171 Å². The van der Waals surface area contributed by atoms with E-state index in [2.05, 4.69) is 29.5 Å². The third kappa shape index (κ3) is 9.99. The average Bonchev–Trinajstić information content (AvgIpc) is 2.85. The van der Waals surface area contributed by atoms with Gasteiger partial charge in [0.2, 0.25) is 0 Å². The van der Waals surface area contributed by atoms with Gasteiger partial charge in [0.05, 0.1) is 12.7 Å². The molecule has 0 aromatic carbocycles. The molecule has 5 nitrogen and oxygen atoms in total. The van der Waals surface area contributed by atoms with Crippen molar-refractivity contribution in [1.82, 2.24) is 15.5 Å². The molecule has 1 saturated carbocycles. The van der Waals surface area contributed by atoms with Crippen LogP contribution in [0.3, 0.4) is 0 Å². The summed E-state index contributed by atoms with van der Waals surface area (Å²) in [4.78, 5) is 7.20. The number of guanidine groups is 1. The van der Waals surface area contributed by atoms with Crippen molar-refractivity contribution in [3.63, 3.8) is 0 Å². The molecular weight excluding hydrogens is 427 g/mol. The average molecular weight is 466 g/mol. The summed E-state index contributed by atoms with van der Waals surface area (Å²) in [6, 6.07) is 0. The van der Waals surface area contributed by atoms with Crippen LogP contribution in [0.5, 0.6) is 0 Å². The van der Waals surface area contributed by atoms with E-state index in [-0.39, 0.29) is 24.0 Å². The van der Waals surface area contributed by atoms with Crippen LogP contribution in [0.2, 0.25) is 0 Å². The summed E-state index contributed by atoms with van der Waals surface area (Å²) in [6.45, 7) is 7.97. The van der Waals surface area contributed by atoms with Gasteiger partial charge in [0.25, 0.3) is 0 Å². The van der Waals surface area contributed by atoms with Crippen molar-refractivity contribution in [2.45, 2.75) is 64.4 Å². The van der Waals surface area contributed by atoms with Crippen LogP contribution >= 0.6 is 24.0 Å². The lowest BCUT2D eigenvalue weighted by Gasteiger charge is -2.28. The molecule has 1 aliphatic heterocycles. The fraction of sp³-hybridized carbons (Fsp3) is 0.947. The van der Waals surface area contributed by atoms with Crippen LogP contribution in [-0.4, -0.2) is 63.3 Å². The second kappa shape index (κ2) is 14.0. The van der Waals surface area contributed by atoms with Crippen molar-refractivity contribution in [1.29, 1.82) is 0 Å². The minimum absolute atomic E-state index is 0. The molecule has 6 heteroatoms. The van der Waals surface area contributed by atoms with Crippen molar-refractivity contribution < 1.29 is 4.74 Å². The summed E-state index contributed by atoms with van der Waals surface area (Å²) in [7, 11) is 2.21. The van der Waals surface area contributed by atoms with Crippen molar-refractivity contribution >= 4 is 29.9 Å². The summed E-state index contributed by atoms with van der Waals surface area (Å²) in [6.07, 6.45) is 11.0. The van der Waals surface area contributed by atoms with Crippen molar-refractivity contribution in [2.75, 3.05) is 46.4 Å².